The van der Waals surface area contributed by atoms with Crippen molar-refractivity contribution in [2.24, 2.45) is 0 Å². The van der Waals surface area contributed by atoms with E-state index in [1.54, 1.807) is 38.4 Å². The van der Waals surface area contributed by atoms with Gasteiger partial charge in [-0.2, -0.15) is 8.78 Å². The lowest BCUT2D eigenvalue weighted by Crippen LogP contribution is -2.19. The Morgan fingerprint density at radius 2 is 1.82 bits per heavy atom. The highest BCUT2D eigenvalue weighted by Gasteiger charge is 2.43. The summed E-state index contributed by atoms with van der Waals surface area (Å²) in [7, 11) is 0. The minimum Gasteiger partial charge on any atom is -0.434 e. The molecule has 38 heavy (non-hydrogen) atoms. The van der Waals surface area contributed by atoms with Crippen LogP contribution in [0.3, 0.4) is 0 Å². The number of rotatable bonds is 4. The summed E-state index contributed by atoms with van der Waals surface area (Å²) >= 11 is 0. The van der Waals surface area contributed by atoms with Crippen molar-refractivity contribution >= 4 is 11.0 Å². The molecule has 7 rings (SSSR count). The minimum absolute atomic E-state index is 0.122. The molecule has 0 aliphatic carbocycles. The number of hydrogen-bond acceptors (Lipinski definition) is 7. The largest absolute Gasteiger partial charge is 0.434 e. The number of aromatic nitrogens is 7. The van der Waals surface area contributed by atoms with Crippen LogP contribution in [0.25, 0.3) is 33.5 Å². The highest BCUT2D eigenvalue weighted by molar-refractivity contribution is 5.84. The van der Waals surface area contributed by atoms with Gasteiger partial charge in [-0.3, -0.25) is 0 Å². The highest BCUT2D eigenvalue weighted by Crippen LogP contribution is 2.52. The summed E-state index contributed by atoms with van der Waals surface area (Å²) in [5, 5.41) is 18.9. The standard InChI is InChI=1S/C27H23F2N7O2/c1-13-33-34-23-16-5-4-6-21(38-26(28)29)22(16)19-10-20(35(13)23)24-32-17-8-7-14(9-18(17)36(19)24)15-11-30-25(31-12-15)27(2,3)37/h4-9,11-12,19-20,26,37H,10H2,1-3H3/t19-,20-/m1/s1. The lowest BCUT2D eigenvalue weighted by Gasteiger charge is -2.21. The predicted molar refractivity (Wildman–Crippen MR) is 134 cm³/mol. The second-order valence-corrected chi connectivity index (χ2v) is 10.2. The van der Waals surface area contributed by atoms with Crippen LogP contribution in [-0.4, -0.2) is 46.0 Å². The number of fused-ring (bicyclic) bond motifs is 6. The van der Waals surface area contributed by atoms with E-state index >= 15 is 0 Å². The summed E-state index contributed by atoms with van der Waals surface area (Å²) in [4.78, 5) is 13.7. The van der Waals surface area contributed by atoms with Crippen molar-refractivity contribution in [3.05, 3.63) is 71.8 Å². The summed E-state index contributed by atoms with van der Waals surface area (Å²) in [6.07, 6.45) is 3.97. The molecule has 0 unspecified atom stereocenters. The van der Waals surface area contributed by atoms with E-state index in [0.717, 1.165) is 39.4 Å². The lowest BCUT2D eigenvalue weighted by molar-refractivity contribution is -0.0506. The van der Waals surface area contributed by atoms with E-state index in [9.17, 15) is 13.9 Å². The quantitative estimate of drug-likeness (QED) is 0.367. The van der Waals surface area contributed by atoms with Crippen LogP contribution >= 0.6 is 0 Å². The number of imidazole rings is 1. The molecule has 5 aromatic rings. The molecule has 0 saturated heterocycles. The zero-order valence-corrected chi connectivity index (χ0v) is 20.8. The second kappa shape index (κ2) is 7.87. The lowest BCUT2D eigenvalue weighted by atomic mass is 9.97. The number of alkyl halides is 2. The zero-order valence-electron chi connectivity index (χ0n) is 20.8. The summed E-state index contributed by atoms with van der Waals surface area (Å²) in [5.41, 5.74) is 3.53. The fourth-order valence-electron chi connectivity index (χ4n) is 5.74. The van der Waals surface area contributed by atoms with Gasteiger partial charge >= 0.3 is 6.61 Å². The van der Waals surface area contributed by atoms with Crippen LogP contribution in [0.4, 0.5) is 8.78 Å². The van der Waals surface area contributed by atoms with Crippen molar-refractivity contribution in [2.75, 3.05) is 0 Å². The SMILES string of the molecule is Cc1nnc2n1[C@@H]1C[C@H](c3c(OC(F)F)cccc3-2)n2c1nc1ccc(-c3cnc(C(C)(C)O)nc3)cc12. The Balaban J connectivity index is 1.44. The van der Waals surface area contributed by atoms with Crippen LogP contribution in [0.15, 0.2) is 48.8 Å². The first-order valence-corrected chi connectivity index (χ1v) is 12.3. The van der Waals surface area contributed by atoms with Crippen LogP contribution in [0.5, 0.6) is 5.75 Å². The fourth-order valence-corrected chi connectivity index (χ4v) is 5.74. The van der Waals surface area contributed by atoms with Gasteiger partial charge in [0.25, 0.3) is 0 Å². The maximum atomic E-state index is 13.5. The molecule has 5 heterocycles. The van der Waals surface area contributed by atoms with E-state index in [1.807, 2.05) is 35.8 Å². The van der Waals surface area contributed by atoms with Crippen LogP contribution in [-0.2, 0) is 5.60 Å². The van der Waals surface area contributed by atoms with Gasteiger partial charge in [-0.05, 0) is 44.5 Å². The Morgan fingerprint density at radius 1 is 1.03 bits per heavy atom. The summed E-state index contributed by atoms with van der Waals surface area (Å²) < 4.78 is 36.1. The highest BCUT2D eigenvalue weighted by atomic mass is 19.3. The number of aliphatic hydroxyl groups is 1. The van der Waals surface area contributed by atoms with Crippen LogP contribution in [0.2, 0.25) is 0 Å². The van der Waals surface area contributed by atoms with Gasteiger partial charge in [0.05, 0.1) is 23.1 Å². The van der Waals surface area contributed by atoms with Crippen molar-refractivity contribution in [3.8, 4) is 28.3 Å². The van der Waals surface area contributed by atoms with Crippen LogP contribution < -0.4 is 4.74 Å². The Labute approximate surface area is 215 Å². The minimum atomic E-state index is -2.96. The van der Waals surface area contributed by atoms with Gasteiger partial charge < -0.3 is 19.0 Å². The molecule has 0 amide bonds. The van der Waals surface area contributed by atoms with E-state index in [4.69, 9.17) is 9.72 Å². The normalized spacial score (nSPS) is 17.9. The molecule has 2 aliphatic rings. The maximum Gasteiger partial charge on any atom is 0.387 e. The number of hydrogen-bond donors (Lipinski definition) is 1. The molecule has 0 fully saturated rings. The number of halogens is 2. The molecule has 0 spiro atoms. The monoisotopic (exact) mass is 515 g/mol. The van der Waals surface area contributed by atoms with E-state index < -0.39 is 12.2 Å². The van der Waals surface area contributed by atoms with Crippen LogP contribution in [0.1, 0.15) is 55.4 Å². The molecule has 192 valence electrons. The summed E-state index contributed by atoms with van der Waals surface area (Å²) in [5.74, 6) is 2.62. The summed E-state index contributed by atoms with van der Waals surface area (Å²) in [6.45, 7) is 2.20. The number of benzene rings is 2. The Kier molecular flexibility index (Phi) is 4.75. The molecule has 2 aliphatic heterocycles. The van der Waals surface area contributed by atoms with Crippen molar-refractivity contribution < 1.29 is 18.6 Å². The predicted octanol–water partition coefficient (Wildman–Crippen LogP) is 4.78. The van der Waals surface area contributed by atoms with Crippen molar-refractivity contribution in [1.29, 1.82) is 0 Å². The molecule has 9 nitrogen and oxygen atoms in total. The Hall–Kier alpha value is -4.25. The number of nitrogens with zero attached hydrogens (tertiary/aromatic N) is 7. The molecule has 0 saturated carbocycles. The molecule has 0 radical (unpaired) electrons. The average Bonchev–Trinajstić information content (AvgIpc) is 3.51. The third-order valence-corrected chi connectivity index (χ3v) is 7.34. The van der Waals surface area contributed by atoms with Gasteiger partial charge in [-0.25, -0.2) is 15.0 Å². The average molecular weight is 516 g/mol. The molecule has 1 N–H and O–H groups in total. The first-order valence-electron chi connectivity index (χ1n) is 12.3. The zero-order chi connectivity index (χ0) is 26.3. The Bertz CT molecular complexity index is 1720. The van der Waals surface area contributed by atoms with E-state index in [-0.39, 0.29) is 17.8 Å². The molecule has 3 aromatic heterocycles. The topological polar surface area (TPSA) is 104 Å². The van der Waals surface area contributed by atoms with Crippen molar-refractivity contribution in [1.82, 2.24) is 34.3 Å². The molecule has 2 bridgehead atoms. The smallest absolute Gasteiger partial charge is 0.387 e. The molecule has 11 heteroatoms. The van der Waals surface area contributed by atoms with E-state index in [0.29, 0.717) is 23.6 Å². The molecule has 2 aromatic carbocycles. The third kappa shape index (κ3) is 3.27. The first kappa shape index (κ1) is 22.9. The maximum absolute atomic E-state index is 13.5. The fraction of sp³-hybridized carbons (Fsp3) is 0.296. The van der Waals surface area contributed by atoms with Gasteiger partial charge in [0.1, 0.15) is 23.0 Å². The van der Waals surface area contributed by atoms with Gasteiger partial charge in [0, 0.05) is 35.5 Å². The molecular weight excluding hydrogens is 492 g/mol. The second-order valence-electron chi connectivity index (χ2n) is 10.2. The third-order valence-electron chi connectivity index (χ3n) is 7.34. The van der Waals surface area contributed by atoms with Crippen LogP contribution in [0, 0.1) is 6.92 Å². The van der Waals surface area contributed by atoms with E-state index in [1.165, 1.54) is 0 Å². The van der Waals surface area contributed by atoms with Crippen molar-refractivity contribution in [3.63, 3.8) is 0 Å². The van der Waals surface area contributed by atoms with E-state index in [2.05, 4.69) is 24.7 Å². The first-order chi connectivity index (χ1) is 18.2. The van der Waals surface area contributed by atoms with Gasteiger partial charge in [-0.1, -0.05) is 18.2 Å². The summed E-state index contributed by atoms with van der Waals surface area (Å²) in [6, 6.07) is 10.6. The molecular formula is C27H23F2N7O2. The molecule has 2 atom stereocenters. The van der Waals surface area contributed by atoms with Gasteiger partial charge in [-0.15, -0.1) is 10.2 Å². The van der Waals surface area contributed by atoms with Gasteiger partial charge in [0.15, 0.2) is 11.6 Å². The van der Waals surface area contributed by atoms with Gasteiger partial charge in [0.2, 0.25) is 0 Å². The number of ether oxygens (including phenoxy) is 1. The van der Waals surface area contributed by atoms with Crippen molar-refractivity contribution in [2.45, 2.75) is 51.5 Å². The number of aryl methyl sites for hydroxylation is 1. The Morgan fingerprint density at radius 3 is 2.55 bits per heavy atom.